The number of carbonyl (C=O) groups excluding carboxylic acids is 1. The molecule has 28 heavy (non-hydrogen) atoms. The highest BCUT2D eigenvalue weighted by Gasteiger charge is 2.12. The summed E-state index contributed by atoms with van der Waals surface area (Å²) in [6.07, 6.45) is 3.11. The lowest BCUT2D eigenvalue weighted by atomic mass is 10.1. The molecular weight excluding hydrogens is 362 g/mol. The Balaban J connectivity index is 2.23. The van der Waals surface area contributed by atoms with Gasteiger partial charge >= 0.3 is 5.97 Å². The van der Waals surface area contributed by atoms with Gasteiger partial charge in [0.1, 0.15) is 12.4 Å². The maximum Gasteiger partial charge on any atom is 0.341 e. The van der Waals surface area contributed by atoms with Crippen molar-refractivity contribution < 1.29 is 28.6 Å². The van der Waals surface area contributed by atoms with E-state index in [1.54, 1.807) is 47.6 Å². The van der Waals surface area contributed by atoms with Crippen LogP contribution in [0.3, 0.4) is 0 Å². The molecule has 1 aromatic heterocycles. The average molecular weight is 387 g/mol. The number of carboxylic acids is 1. The highest BCUT2D eigenvalue weighted by atomic mass is 16.5. The fraction of sp³-hybridized carbons (Fsp3) is 0.333. The lowest BCUT2D eigenvalue weighted by molar-refractivity contribution is -0.139. The summed E-state index contributed by atoms with van der Waals surface area (Å²) in [5.74, 6) is 0.146. The number of hydrogen-bond acceptors (Lipinski definition) is 5. The molecule has 0 aliphatic carbocycles. The van der Waals surface area contributed by atoms with Crippen molar-refractivity contribution in [1.82, 2.24) is 4.90 Å². The molecule has 0 aliphatic rings. The fourth-order valence-corrected chi connectivity index (χ4v) is 2.56. The number of rotatable bonds is 10. The van der Waals surface area contributed by atoms with Crippen LogP contribution in [0.5, 0.6) is 11.5 Å². The Bertz CT molecular complexity index is 821. The maximum absolute atomic E-state index is 12.3. The largest absolute Gasteiger partial charge is 0.482 e. The molecule has 7 nitrogen and oxygen atoms in total. The van der Waals surface area contributed by atoms with Crippen molar-refractivity contribution in [3.05, 3.63) is 54.0 Å². The zero-order chi connectivity index (χ0) is 20.5. The van der Waals surface area contributed by atoms with Gasteiger partial charge in [-0.1, -0.05) is 6.07 Å². The number of allylic oxidation sites excluding steroid dienone is 1. The van der Waals surface area contributed by atoms with Crippen molar-refractivity contribution in [2.45, 2.75) is 27.4 Å². The number of amides is 1. The van der Waals surface area contributed by atoms with E-state index in [0.717, 1.165) is 11.1 Å². The normalized spacial score (nSPS) is 11.2. The molecule has 0 saturated heterocycles. The number of ether oxygens (including phenoxy) is 2. The standard InChI is InChI=1S/C21H25NO6/c1-4-22(5-2)20(23)11-15(3)16-8-9-18(19(12-16)28-14-21(24)25)27-13-17-7-6-10-26-17/h6-12H,4-5,13-14H2,1-3H3,(H,24,25)/b15-11-. The van der Waals surface area contributed by atoms with Crippen LogP contribution in [0.2, 0.25) is 0 Å². The van der Waals surface area contributed by atoms with Gasteiger partial charge in [0.05, 0.1) is 6.26 Å². The van der Waals surface area contributed by atoms with Gasteiger partial charge in [-0.2, -0.15) is 0 Å². The number of hydrogen-bond donors (Lipinski definition) is 1. The summed E-state index contributed by atoms with van der Waals surface area (Å²) in [5, 5.41) is 8.92. The van der Waals surface area contributed by atoms with Crippen molar-refractivity contribution in [2.75, 3.05) is 19.7 Å². The second-order valence-corrected chi connectivity index (χ2v) is 6.05. The second kappa shape index (κ2) is 10.2. The smallest absolute Gasteiger partial charge is 0.341 e. The third-order valence-corrected chi connectivity index (χ3v) is 4.12. The molecule has 7 heteroatoms. The molecule has 0 unspecified atom stereocenters. The summed E-state index contributed by atoms with van der Waals surface area (Å²) in [6.45, 7) is 6.62. The van der Waals surface area contributed by atoms with Crippen LogP contribution in [0, 0.1) is 0 Å². The first kappa shape index (κ1) is 21.1. The summed E-state index contributed by atoms with van der Waals surface area (Å²) in [5.41, 5.74) is 1.49. The number of furan rings is 1. The molecule has 1 N–H and O–H groups in total. The van der Waals surface area contributed by atoms with E-state index >= 15 is 0 Å². The Morgan fingerprint density at radius 1 is 1.14 bits per heavy atom. The van der Waals surface area contributed by atoms with Gasteiger partial charge in [0.25, 0.3) is 0 Å². The first-order valence-corrected chi connectivity index (χ1v) is 9.06. The number of carbonyl (C=O) groups is 2. The number of likely N-dealkylation sites (N-methyl/N-ethyl adjacent to an activating group) is 1. The summed E-state index contributed by atoms with van der Waals surface area (Å²) < 4.78 is 16.3. The summed E-state index contributed by atoms with van der Waals surface area (Å²) in [7, 11) is 0. The van der Waals surface area contributed by atoms with E-state index in [-0.39, 0.29) is 18.3 Å². The van der Waals surface area contributed by atoms with Gasteiger partial charge in [-0.3, -0.25) is 4.79 Å². The van der Waals surface area contributed by atoms with Crippen LogP contribution in [0.1, 0.15) is 32.1 Å². The van der Waals surface area contributed by atoms with E-state index in [1.165, 1.54) is 0 Å². The molecular formula is C21H25NO6. The molecule has 0 spiro atoms. The van der Waals surface area contributed by atoms with Crippen LogP contribution in [-0.2, 0) is 16.2 Å². The number of benzene rings is 1. The SMILES string of the molecule is CCN(CC)C(=O)/C=C(/C)c1ccc(OCc2ccco2)c(OCC(=O)O)c1. The molecule has 1 heterocycles. The number of carboxylic acid groups (broad SMARTS) is 1. The Labute approximate surface area is 164 Å². The molecule has 1 aromatic carbocycles. The predicted molar refractivity (Wildman–Crippen MR) is 104 cm³/mol. The maximum atomic E-state index is 12.3. The van der Waals surface area contributed by atoms with Gasteiger partial charge in [-0.15, -0.1) is 0 Å². The quantitative estimate of drug-likeness (QED) is 0.627. The van der Waals surface area contributed by atoms with Gasteiger partial charge in [0, 0.05) is 19.2 Å². The summed E-state index contributed by atoms with van der Waals surface area (Å²) in [4.78, 5) is 24.9. The Hall–Kier alpha value is -3.22. The lowest BCUT2D eigenvalue weighted by Gasteiger charge is -2.17. The minimum absolute atomic E-state index is 0.0753. The van der Waals surface area contributed by atoms with Gasteiger partial charge in [0.2, 0.25) is 5.91 Å². The Kier molecular flexibility index (Phi) is 7.68. The van der Waals surface area contributed by atoms with Gasteiger partial charge < -0.3 is 23.9 Å². The molecule has 0 fully saturated rings. The fourth-order valence-electron chi connectivity index (χ4n) is 2.56. The van der Waals surface area contributed by atoms with Crippen molar-refractivity contribution in [3.63, 3.8) is 0 Å². The van der Waals surface area contributed by atoms with Crippen LogP contribution in [-0.4, -0.2) is 41.6 Å². The lowest BCUT2D eigenvalue weighted by Crippen LogP contribution is -2.28. The van der Waals surface area contributed by atoms with Gasteiger partial charge in [-0.05, 0) is 56.2 Å². The van der Waals surface area contributed by atoms with E-state index < -0.39 is 12.6 Å². The van der Waals surface area contributed by atoms with Crippen molar-refractivity contribution >= 4 is 17.4 Å². The van der Waals surface area contributed by atoms with Gasteiger partial charge in [0.15, 0.2) is 18.1 Å². The molecule has 150 valence electrons. The minimum atomic E-state index is -1.09. The van der Waals surface area contributed by atoms with E-state index in [9.17, 15) is 9.59 Å². The third kappa shape index (κ3) is 5.90. The molecule has 0 aliphatic heterocycles. The van der Waals surface area contributed by atoms with Crippen molar-refractivity contribution in [3.8, 4) is 11.5 Å². The van der Waals surface area contributed by atoms with Crippen LogP contribution in [0.15, 0.2) is 47.1 Å². The number of nitrogens with zero attached hydrogens (tertiary/aromatic N) is 1. The van der Waals surface area contributed by atoms with Crippen LogP contribution >= 0.6 is 0 Å². The second-order valence-electron chi connectivity index (χ2n) is 6.05. The van der Waals surface area contributed by atoms with Gasteiger partial charge in [-0.25, -0.2) is 4.79 Å². The molecule has 0 radical (unpaired) electrons. The van der Waals surface area contributed by atoms with Crippen LogP contribution < -0.4 is 9.47 Å². The topological polar surface area (TPSA) is 89.2 Å². The zero-order valence-corrected chi connectivity index (χ0v) is 16.3. The summed E-state index contributed by atoms with van der Waals surface area (Å²) in [6, 6.07) is 8.69. The predicted octanol–water partition coefficient (Wildman–Crippen LogP) is 3.59. The molecule has 0 atom stereocenters. The third-order valence-electron chi connectivity index (χ3n) is 4.12. The first-order chi connectivity index (χ1) is 13.4. The van der Waals surface area contributed by atoms with Crippen LogP contribution in [0.25, 0.3) is 5.57 Å². The van der Waals surface area contributed by atoms with Crippen LogP contribution in [0.4, 0.5) is 0 Å². The van der Waals surface area contributed by atoms with Crippen molar-refractivity contribution in [1.29, 1.82) is 0 Å². The monoisotopic (exact) mass is 387 g/mol. The van der Waals surface area contributed by atoms with E-state index in [2.05, 4.69) is 0 Å². The van der Waals surface area contributed by atoms with Crippen molar-refractivity contribution in [2.24, 2.45) is 0 Å². The molecule has 0 saturated carbocycles. The average Bonchev–Trinajstić information content (AvgIpc) is 3.19. The zero-order valence-electron chi connectivity index (χ0n) is 16.3. The minimum Gasteiger partial charge on any atom is -0.482 e. The first-order valence-electron chi connectivity index (χ1n) is 9.06. The molecule has 1 amide bonds. The Morgan fingerprint density at radius 3 is 2.50 bits per heavy atom. The van der Waals surface area contributed by atoms with E-state index in [0.29, 0.717) is 24.6 Å². The van der Waals surface area contributed by atoms with E-state index in [1.807, 2.05) is 20.8 Å². The number of aliphatic carboxylic acids is 1. The Morgan fingerprint density at radius 2 is 1.89 bits per heavy atom. The highest BCUT2D eigenvalue weighted by molar-refractivity contribution is 5.95. The van der Waals surface area contributed by atoms with E-state index in [4.69, 9.17) is 19.0 Å². The summed E-state index contributed by atoms with van der Waals surface area (Å²) >= 11 is 0. The molecule has 0 bridgehead atoms. The molecule has 2 rings (SSSR count). The highest BCUT2D eigenvalue weighted by Crippen LogP contribution is 2.31. The molecule has 2 aromatic rings.